The molecule has 3 heterocycles. The highest BCUT2D eigenvalue weighted by Crippen LogP contribution is 2.39. The summed E-state index contributed by atoms with van der Waals surface area (Å²) in [6.07, 6.45) is 11.1. The van der Waals surface area contributed by atoms with E-state index in [1.165, 1.54) is 25.7 Å². The number of carbonyl (C=O) groups excluding carboxylic acids is 1. The van der Waals surface area contributed by atoms with E-state index in [-0.39, 0.29) is 11.9 Å². The number of nitrogens with zero attached hydrogens (tertiary/aromatic N) is 4. The van der Waals surface area contributed by atoms with Gasteiger partial charge in [0.05, 0.1) is 6.20 Å². The number of anilines is 3. The number of piperidine rings is 1. The van der Waals surface area contributed by atoms with Crippen molar-refractivity contribution in [2.45, 2.75) is 70.4 Å². The molecule has 1 aromatic heterocycles. The van der Waals surface area contributed by atoms with Gasteiger partial charge in [0.15, 0.2) is 5.82 Å². The monoisotopic (exact) mass is 386 g/mol. The van der Waals surface area contributed by atoms with E-state index in [1.54, 1.807) is 4.90 Å². The Bertz CT molecular complexity index is 683. The minimum absolute atomic E-state index is 0.113. The van der Waals surface area contributed by atoms with Gasteiger partial charge in [0.1, 0.15) is 11.7 Å². The highest BCUT2D eigenvalue weighted by Gasteiger charge is 2.41. The Kier molecular flexibility index (Phi) is 5.99. The van der Waals surface area contributed by atoms with Crippen LogP contribution in [0.25, 0.3) is 0 Å². The van der Waals surface area contributed by atoms with Crippen LogP contribution < -0.4 is 20.4 Å². The number of carbonyl (C=O) groups is 1. The molecular weight excluding hydrogens is 352 g/mol. The Balaban J connectivity index is 1.52. The van der Waals surface area contributed by atoms with E-state index in [9.17, 15) is 4.79 Å². The zero-order valence-corrected chi connectivity index (χ0v) is 17.3. The van der Waals surface area contributed by atoms with Crippen molar-refractivity contribution in [1.29, 1.82) is 0 Å². The Labute approximate surface area is 168 Å². The van der Waals surface area contributed by atoms with Gasteiger partial charge in [0, 0.05) is 19.6 Å². The summed E-state index contributed by atoms with van der Waals surface area (Å²) < 4.78 is 0. The number of rotatable bonds is 6. The van der Waals surface area contributed by atoms with Crippen molar-refractivity contribution in [3.63, 3.8) is 0 Å². The van der Waals surface area contributed by atoms with E-state index < -0.39 is 0 Å². The molecule has 2 fully saturated rings. The van der Waals surface area contributed by atoms with Crippen LogP contribution in [0.1, 0.15) is 58.3 Å². The van der Waals surface area contributed by atoms with Crippen molar-refractivity contribution in [2.24, 2.45) is 5.92 Å². The van der Waals surface area contributed by atoms with Crippen LogP contribution in [0, 0.1) is 5.92 Å². The maximum Gasteiger partial charge on any atom is 0.249 e. The molecule has 0 bridgehead atoms. The third kappa shape index (κ3) is 3.81. The fraction of sp³-hybridized carbons (Fsp3) is 0.762. The molecule has 0 unspecified atom stereocenters. The predicted octanol–water partition coefficient (Wildman–Crippen LogP) is 2.78. The molecule has 3 aliphatic rings. The maximum absolute atomic E-state index is 12.9. The molecule has 1 atom stereocenters. The van der Waals surface area contributed by atoms with E-state index in [2.05, 4.69) is 27.4 Å². The maximum atomic E-state index is 12.9. The summed E-state index contributed by atoms with van der Waals surface area (Å²) in [4.78, 5) is 26.4. The lowest BCUT2D eigenvalue weighted by Crippen LogP contribution is -2.55. The third-order valence-electron chi connectivity index (χ3n) is 6.71. The van der Waals surface area contributed by atoms with E-state index in [0.29, 0.717) is 12.0 Å². The zero-order chi connectivity index (χ0) is 19.5. The number of hydrogen-bond donors (Lipinski definition) is 2. The van der Waals surface area contributed by atoms with Crippen LogP contribution in [0.4, 0.5) is 17.5 Å². The van der Waals surface area contributed by atoms with Gasteiger partial charge in [-0.15, -0.1) is 0 Å². The molecule has 1 aliphatic carbocycles. The Hall–Kier alpha value is -1.89. The molecule has 7 nitrogen and oxygen atoms in total. The molecule has 1 amide bonds. The molecule has 7 heteroatoms. The highest BCUT2D eigenvalue weighted by atomic mass is 16.2. The van der Waals surface area contributed by atoms with Crippen molar-refractivity contribution >= 4 is 23.4 Å². The molecule has 154 valence electrons. The van der Waals surface area contributed by atoms with Gasteiger partial charge in [0.25, 0.3) is 0 Å². The topological polar surface area (TPSA) is 73.4 Å². The molecule has 28 heavy (non-hydrogen) atoms. The number of nitrogens with one attached hydrogen (secondary N) is 2. The SMILES string of the molecule is CC[C@H]1C(=O)N(C)c2cnc(NCCC3CCNCC3)nc2N1C1CCCC1. The van der Waals surface area contributed by atoms with Gasteiger partial charge in [-0.3, -0.25) is 4.79 Å². The summed E-state index contributed by atoms with van der Waals surface area (Å²) in [5.41, 5.74) is 0.838. The second-order valence-corrected chi connectivity index (χ2v) is 8.48. The minimum atomic E-state index is -0.113. The first kappa shape index (κ1) is 19.4. The second-order valence-electron chi connectivity index (χ2n) is 8.48. The molecule has 0 spiro atoms. The second kappa shape index (κ2) is 8.64. The van der Waals surface area contributed by atoms with Crippen molar-refractivity contribution in [3.8, 4) is 0 Å². The fourth-order valence-corrected chi connectivity index (χ4v) is 5.03. The number of likely N-dealkylation sites (N-methyl/N-ethyl adjacent to an activating group) is 1. The molecule has 4 rings (SSSR count). The van der Waals surface area contributed by atoms with E-state index in [1.807, 2.05) is 13.2 Å². The molecule has 2 N–H and O–H groups in total. The first-order valence-electron chi connectivity index (χ1n) is 11.1. The normalized spacial score (nSPS) is 23.9. The van der Waals surface area contributed by atoms with E-state index in [0.717, 1.165) is 62.7 Å². The lowest BCUT2D eigenvalue weighted by Gasteiger charge is -2.43. The van der Waals surface area contributed by atoms with Gasteiger partial charge >= 0.3 is 0 Å². The predicted molar refractivity (Wildman–Crippen MR) is 113 cm³/mol. The van der Waals surface area contributed by atoms with Crippen LogP contribution in [0.3, 0.4) is 0 Å². The van der Waals surface area contributed by atoms with Gasteiger partial charge in [-0.05, 0) is 57.5 Å². The molecule has 1 saturated heterocycles. The fourth-order valence-electron chi connectivity index (χ4n) is 5.03. The minimum Gasteiger partial charge on any atom is -0.354 e. The van der Waals surface area contributed by atoms with Crippen LogP contribution in [0.2, 0.25) is 0 Å². The van der Waals surface area contributed by atoms with Gasteiger partial charge in [-0.25, -0.2) is 4.98 Å². The summed E-state index contributed by atoms with van der Waals surface area (Å²) in [5.74, 6) is 2.57. The smallest absolute Gasteiger partial charge is 0.249 e. The third-order valence-corrected chi connectivity index (χ3v) is 6.71. The van der Waals surface area contributed by atoms with Crippen LogP contribution in [-0.4, -0.2) is 54.6 Å². The van der Waals surface area contributed by atoms with Gasteiger partial charge in [-0.2, -0.15) is 4.98 Å². The first-order valence-corrected chi connectivity index (χ1v) is 11.1. The largest absolute Gasteiger partial charge is 0.354 e. The van der Waals surface area contributed by atoms with Crippen LogP contribution in [0.15, 0.2) is 6.20 Å². The molecular formula is C21H34N6O. The summed E-state index contributed by atoms with van der Waals surface area (Å²) >= 11 is 0. The Morgan fingerprint density at radius 1 is 1.21 bits per heavy atom. The number of aromatic nitrogens is 2. The Morgan fingerprint density at radius 3 is 2.68 bits per heavy atom. The van der Waals surface area contributed by atoms with E-state index in [4.69, 9.17) is 4.98 Å². The summed E-state index contributed by atoms with van der Waals surface area (Å²) in [7, 11) is 1.85. The van der Waals surface area contributed by atoms with Gasteiger partial charge in [0.2, 0.25) is 11.9 Å². The Morgan fingerprint density at radius 2 is 1.96 bits per heavy atom. The average Bonchev–Trinajstić information content (AvgIpc) is 3.25. The van der Waals surface area contributed by atoms with Crippen molar-refractivity contribution < 1.29 is 4.79 Å². The standard InChI is InChI=1S/C21H34N6O/c1-3-17-20(28)26(2)18-14-24-21(23-13-10-15-8-11-22-12-9-15)25-19(18)27(17)16-6-4-5-7-16/h14-17,22H,3-13H2,1-2H3,(H,23,24,25)/t17-/m0/s1. The lowest BCUT2D eigenvalue weighted by molar-refractivity contribution is -0.120. The molecule has 1 saturated carbocycles. The van der Waals surface area contributed by atoms with Crippen molar-refractivity contribution in [3.05, 3.63) is 6.20 Å². The van der Waals surface area contributed by atoms with Crippen LogP contribution in [-0.2, 0) is 4.79 Å². The van der Waals surface area contributed by atoms with Crippen LogP contribution in [0.5, 0.6) is 0 Å². The summed E-state index contributed by atoms with van der Waals surface area (Å²) in [6, 6.07) is 0.303. The molecule has 0 radical (unpaired) electrons. The average molecular weight is 387 g/mol. The van der Waals surface area contributed by atoms with Crippen molar-refractivity contribution in [2.75, 3.05) is 41.8 Å². The van der Waals surface area contributed by atoms with Crippen molar-refractivity contribution in [1.82, 2.24) is 15.3 Å². The number of hydrogen-bond acceptors (Lipinski definition) is 6. The van der Waals surface area contributed by atoms with Crippen LogP contribution >= 0.6 is 0 Å². The lowest BCUT2D eigenvalue weighted by atomic mass is 9.95. The highest BCUT2D eigenvalue weighted by molar-refractivity contribution is 6.04. The molecule has 1 aromatic rings. The number of amides is 1. The first-order chi connectivity index (χ1) is 13.7. The van der Waals surface area contributed by atoms with Gasteiger partial charge < -0.3 is 20.4 Å². The number of fused-ring (bicyclic) bond motifs is 1. The van der Waals surface area contributed by atoms with E-state index >= 15 is 0 Å². The summed E-state index contributed by atoms with van der Waals surface area (Å²) in [6.45, 7) is 5.27. The molecule has 0 aromatic carbocycles. The quantitative estimate of drug-likeness (QED) is 0.783. The molecule has 2 aliphatic heterocycles. The van der Waals surface area contributed by atoms with Gasteiger partial charge in [-0.1, -0.05) is 19.8 Å². The zero-order valence-electron chi connectivity index (χ0n) is 17.3. The summed E-state index contributed by atoms with van der Waals surface area (Å²) in [5, 5.41) is 6.86.